The van der Waals surface area contributed by atoms with E-state index in [1.165, 1.54) is 164 Å². The van der Waals surface area contributed by atoms with E-state index in [1.807, 2.05) is 34.0 Å². The summed E-state index contributed by atoms with van der Waals surface area (Å²) in [5.74, 6) is 0. The van der Waals surface area contributed by atoms with Crippen molar-refractivity contribution in [2.75, 3.05) is 5.32 Å². The standard InChI is InChI=1S/C68H63BN2S3/c1-64(2,3)36-20-22-37(23-21-36)70-50-35-57-40(41-29-45-48(33-55(41)73-57)68(10,11)27-25-65(45,4)5)28-43(50)58-59-39-17-13-15-19-54(39)74-63(59)60-44-30-46-47(67(8,9)26-24-66(46,6)7)32-51(44)71-52-31-42-38-16-12-14-18-53(38)72-56(42)34-49(52)69-61(58)62(60)71/h12-23,28-35,69-70H,24-27H2,1-11H3. The Morgan fingerprint density at radius 3 is 1.72 bits per heavy atom. The minimum absolute atomic E-state index is 0.0621. The van der Waals surface area contributed by atoms with Gasteiger partial charge in [-0.2, -0.15) is 0 Å². The monoisotopic (exact) mass is 1010 g/mol. The van der Waals surface area contributed by atoms with Crippen LogP contribution in [0.15, 0.2) is 121 Å². The van der Waals surface area contributed by atoms with Gasteiger partial charge in [0.2, 0.25) is 0 Å². The lowest BCUT2D eigenvalue weighted by Gasteiger charge is -2.42. The lowest BCUT2D eigenvalue weighted by molar-refractivity contribution is 0.332. The number of thiophene rings is 3. The molecule has 4 aromatic heterocycles. The van der Waals surface area contributed by atoms with E-state index in [-0.39, 0.29) is 27.1 Å². The highest BCUT2D eigenvalue weighted by atomic mass is 32.1. The molecule has 74 heavy (non-hydrogen) atoms. The summed E-state index contributed by atoms with van der Waals surface area (Å²) in [6.07, 6.45) is 4.77. The van der Waals surface area contributed by atoms with Crippen LogP contribution in [0.2, 0.25) is 0 Å². The van der Waals surface area contributed by atoms with E-state index in [1.54, 1.807) is 0 Å². The quantitative estimate of drug-likeness (QED) is 0.175. The van der Waals surface area contributed by atoms with Gasteiger partial charge >= 0.3 is 0 Å². The average Bonchev–Trinajstić information content (AvgIpc) is 4.12. The van der Waals surface area contributed by atoms with Crippen LogP contribution in [0.5, 0.6) is 0 Å². The molecule has 8 aromatic carbocycles. The third kappa shape index (κ3) is 6.34. The largest absolute Gasteiger partial charge is 0.355 e. The van der Waals surface area contributed by atoms with E-state index >= 15 is 0 Å². The lowest BCUT2D eigenvalue weighted by atomic mass is 9.58. The van der Waals surface area contributed by atoms with Crippen molar-refractivity contribution in [1.29, 1.82) is 0 Å². The summed E-state index contributed by atoms with van der Waals surface area (Å²) >= 11 is 5.91. The number of hydrogen-bond donors (Lipinski definition) is 1. The molecule has 1 aliphatic heterocycles. The second kappa shape index (κ2) is 14.9. The van der Waals surface area contributed by atoms with E-state index in [2.05, 4.69) is 207 Å². The molecule has 2 aliphatic carbocycles. The first-order valence-corrected chi connectivity index (χ1v) is 29.6. The summed E-state index contributed by atoms with van der Waals surface area (Å²) in [4.78, 5) is 0. The number of benzene rings is 8. The van der Waals surface area contributed by atoms with Crippen molar-refractivity contribution < 1.29 is 0 Å². The Labute approximate surface area is 447 Å². The van der Waals surface area contributed by atoms with Gasteiger partial charge in [0.05, 0.1) is 11.0 Å². The number of hydrogen-bond acceptors (Lipinski definition) is 4. The van der Waals surface area contributed by atoms with Gasteiger partial charge in [-0.15, -0.1) is 34.0 Å². The number of nitrogens with zero attached hydrogens (tertiary/aromatic N) is 1. The fraction of sp³-hybridized carbons (Fsp3) is 0.294. The van der Waals surface area contributed by atoms with Crippen LogP contribution in [0.3, 0.4) is 0 Å². The summed E-state index contributed by atoms with van der Waals surface area (Å²) in [5, 5.41) is 15.2. The molecule has 15 rings (SSSR count). The molecule has 6 heteroatoms. The van der Waals surface area contributed by atoms with E-state index in [0.29, 0.717) is 0 Å². The summed E-state index contributed by atoms with van der Waals surface area (Å²) in [7, 11) is 0.845. The molecule has 0 saturated carbocycles. The number of anilines is 2. The highest BCUT2D eigenvalue weighted by Gasteiger charge is 2.41. The van der Waals surface area contributed by atoms with Crippen LogP contribution in [0.1, 0.15) is 130 Å². The highest BCUT2D eigenvalue weighted by molar-refractivity contribution is 7.27. The normalized spacial score (nSPS) is 17.4. The molecule has 0 atom stereocenters. The zero-order chi connectivity index (χ0) is 50.7. The van der Waals surface area contributed by atoms with Gasteiger partial charge in [0.15, 0.2) is 7.28 Å². The van der Waals surface area contributed by atoms with E-state index < -0.39 is 0 Å². The zero-order valence-electron chi connectivity index (χ0n) is 44.8. The Morgan fingerprint density at radius 2 is 1.04 bits per heavy atom. The maximum Gasteiger partial charge on any atom is 0.198 e. The van der Waals surface area contributed by atoms with Crippen LogP contribution in [-0.2, 0) is 27.1 Å². The number of aromatic nitrogens is 1. The summed E-state index contributed by atoms with van der Waals surface area (Å²) in [5.41, 5.74) is 19.7. The first-order valence-electron chi connectivity index (χ1n) is 27.1. The van der Waals surface area contributed by atoms with E-state index in [0.717, 1.165) is 18.7 Å². The Bertz CT molecular complexity index is 4460. The molecule has 2 nitrogen and oxygen atoms in total. The van der Waals surface area contributed by atoms with Crippen LogP contribution in [0, 0.1) is 0 Å². The number of rotatable bonds is 3. The van der Waals surface area contributed by atoms with Gasteiger partial charge in [-0.1, -0.05) is 130 Å². The molecule has 12 aromatic rings. The van der Waals surface area contributed by atoms with Gasteiger partial charge in [0.1, 0.15) is 0 Å². The van der Waals surface area contributed by atoms with Gasteiger partial charge in [0.25, 0.3) is 0 Å². The van der Waals surface area contributed by atoms with Crippen LogP contribution in [-0.4, -0.2) is 11.8 Å². The first kappa shape index (κ1) is 45.5. The molecular weight excluding hydrogens is 952 g/mol. The molecule has 0 radical (unpaired) electrons. The van der Waals surface area contributed by atoms with Crippen molar-refractivity contribution in [3.63, 3.8) is 0 Å². The van der Waals surface area contributed by atoms with Crippen molar-refractivity contribution in [2.45, 2.75) is 129 Å². The van der Waals surface area contributed by atoms with Gasteiger partial charge in [-0.25, -0.2) is 0 Å². The summed E-state index contributed by atoms with van der Waals surface area (Å²) in [6, 6.07) is 48.4. The topological polar surface area (TPSA) is 17.0 Å². The van der Waals surface area contributed by atoms with Crippen LogP contribution in [0.25, 0.3) is 99.1 Å². The third-order valence-electron chi connectivity index (χ3n) is 18.7. The van der Waals surface area contributed by atoms with Crippen LogP contribution >= 0.6 is 34.0 Å². The van der Waals surface area contributed by atoms with Gasteiger partial charge < -0.3 is 9.88 Å². The Balaban J connectivity index is 1.12. The number of fused-ring (bicyclic) bond motifs is 17. The first-order chi connectivity index (χ1) is 35.2. The Kier molecular flexibility index (Phi) is 9.17. The molecular formula is C68H63BN2S3. The Morgan fingerprint density at radius 1 is 0.500 bits per heavy atom. The van der Waals surface area contributed by atoms with Crippen molar-refractivity contribution in [2.24, 2.45) is 0 Å². The zero-order valence-corrected chi connectivity index (χ0v) is 47.2. The molecule has 0 spiro atoms. The smallest absolute Gasteiger partial charge is 0.198 e. The van der Waals surface area contributed by atoms with Crippen molar-refractivity contribution >= 4 is 146 Å². The maximum absolute atomic E-state index is 4.15. The van der Waals surface area contributed by atoms with E-state index in [4.69, 9.17) is 0 Å². The predicted molar refractivity (Wildman–Crippen MR) is 330 cm³/mol. The van der Waals surface area contributed by atoms with E-state index in [9.17, 15) is 0 Å². The lowest BCUT2D eigenvalue weighted by Crippen LogP contribution is -2.37. The Hall–Kier alpha value is -5.92. The second-order valence-corrected chi connectivity index (χ2v) is 29.5. The van der Waals surface area contributed by atoms with Crippen LogP contribution in [0.4, 0.5) is 11.4 Å². The fourth-order valence-electron chi connectivity index (χ4n) is 14.1. The molecule has 0 saturated heterocycles. The summed E-state index contributed by atoms with van der Waals surface area (Å²) < 4.78 is 10.9. The molecule has 366 valence electrons. The second-order valence-electron chi connectivity index (χ2n) is 26.3. The average molecular weight is 1020 g/mol. The van der Waals surface area contributed by atoms with Crippen molar-refractivity contribution in [3.05, 3.63) is 149 Å². The summed E-state index contributed by atoms with van der Waals surface area (Å²) in [6.45, 7) is 26.7. The molecule has 1 N–H and O–H groups in total. The van der Waals surface area contributed by atoms with Crippen molar-refractivity contribution in [1.82, 2.24) is 4.57 Å². The molecule has 0 amide bonds. The molecule has 0 fully saturated rings. The maximum atomic E-state index is 4.15. The van der Waals surface area contributed by atoms with Gasteiger partial charge in [-0.3, -0.25) is 0 Å². The van der Waals surface area contributed by atoms with Gasteiger partial charge in [0, 0.05) is 93.9 Å². The number of nitrogens with one attached hydrogen (secondary N) is 1. The SMILES string of the molecule is CC(C)(C)c1ccc(Nc2cc3sc4cc5c(cc4c3cc2-c2c3c4c(c6cc7c(cc6n4-c4cc6c(cc4B3)sc3ccccc36)C(C)(C)CCC7(C)C)c3sc4ccccc4c23)C(C)(C)CCC5(C)C)cc1. The minimum atomic E-state index is 0.0621. The predicted octanol–water partition coefficient (Wildman–Crippen LogP) is 19.0. The van der Waals surface area contributed by atoms with Gasteiger partial charge in [-0.05, 0) is 164 Å². The molecule has 0 unspecified atom stereocenters. The van der Waals surface area contributed by atoms with Crippen molar-refractivity contribution in [3.8, 4) is 16.8 Å². The minimum Gasteiger partial charge on any atom is -0.355 e. The molecule has 5 heterocycles. The fourth-order valence-corrected chi connectivity index (χ4v) is 17.6. The highest BCUT2D eigenvalue weighted by Crippen LogP contribution is 2.55. The van der Waals surface area contributed by atoms with Crippen LogP contribution < -0.4 is 16.2 Å². The molecule has 0 bridgehead atoms. The third-order valence-corrected chi connectivity index (χ3v) is 22.1. The molecule has 3 aliphatic rings.